The van der Waals surface area contributed by atoms with Crippen LogP contribution in [0.5, 0.6) is 0 Å². The van der Waals surface area contributed by atoms with Gasteiger partial charge in [-0.1, -0.05) is 12.8 Å². The van der Waals surface area contributed by atoms with Crippen molar-refractivity contribution < 1.29 is 19.1 Å². The Balaban J connectivity index is 2.59. The first kappa shape index (κ1) is 16.9. The maximum absolute atomic E-state index is 12.5. The van der Waals surface area contributed by atoms with Crippen LogP contribution in [-0.4, -0.2) is 62.8 Å². The third-order valence-corrected chi connectivity index (χ3v) is 3.36. The molecule has 0 aromatic rings. The van der Waals surface area contributed by atoms with Crippen molar-refractivity contribution in [2.75, 3.05) is 40.0 Å². The Hall–Kier alpha value is -1.14. The molecule has 6 nitrogen and oxygen atoms in total. The minimum Gasteiger partial charge on any atom is -0.465 e. The van der Waals surface area contributed by atoms with Crippen molar-refractivity contribution >= 4 is 11.9 Å². The van der Waals surface area contributed by atoms with Gasteiger partial charge in [0.1, 0.15) is 6.54 Å². The zero-order valence-electron chi connectivity index (χ0n) is 12.5. The lowest BCUT2D eigenvalue weighted by atomic mass is 10.1. The first-order valence-electron chi connectivity index (χ1n) is 7.35. The number of esters is 1. The maximum atomic E-state index is 12.5. The predicted octanol–water partition coefficient (Wildman–Crippen LogP) is 0.557. The number of hydrogen-bond donors (Lipinski definition) is 1. The summed E-state index contributed by atoms with van der Waals surface area (Å²) in [6.45, 7) is 3.76. The van der Waals surface area contributed by atoms with Crippen molar-refractivity contribution in [2.24, 2.45) is 0 Å². The number of nitrogens with one attached hydrogen (secondary N) is 1. The van der Waals surface area contributed by atoms with Crippen LogP contribution < -0.4 is 5.32 Å². The van der Waals surface area contributed by atoms with Crippen LogP contribution in [0, 0.1) is 0 Å². The Morgan fingerprint density at radius 2 is 2.10 bits per heavy atom. The first-order chi connectivity index (χ1) is 9.69. The summed E-state index contributed by atoms with van der Waals surface area (Å²) in [4.78, 5) is 25.6. The fraction of sp³-hybridized carbons (Fsp3) is 0.857. The van der Waals surface area contributed by atoms with Gasteiger partial charge in [-0.2, -0.15) is 0 Å². The number of rotatable bonds is 7. The van der Waals surface area contributed by atoms with Crippen molar-refractivity contribution in [3.8, 4) is 0 Å². The van der Waals surface area contributed by atoms with Crippen LogP contribution in [0.1, 0.15) is 32.6 Å². The van der Waals surface area contributed by atoms with Gasteiger partial charge in [-0.3, -0.25) is 9.59 Å². The van der Waals surface area contributed by atoms with Crippen LogP contribution in [0.3, 0.4) is 0 Å². The molecular formula is C14H26N2O4. The van der Waals surface area contributed by atoms with Gasteiger partial charge in [0.15, 0.2) is 0 Å². The SMILES string of the molecule is CCOC(=O)CN(CCOC)C(=O)C1CCCCCN1. The highest BCUT2D eigenvalue weighted by molar-refractivity contribution is 5.85. The zero-order valence-corrected chi connectivity index (χ0v) is 12.5. The molecule has 0 aromatic heterocycles. The largest absolute Gasteiger partial charge is 0.465 e. The number of carbonyl (C=O) groups excluding carboxylic acids is 2. The minimum absolute atomic E-state index is 0.00574. The fourth-order valence-corrected chi connectivity index (χ4v) is 2.29. The second-order valence-corrected chi connectivity index (χ2v) is 4.91. The zero-order chi connectivity index (χ0) is 14.8. The molecule has 1 atom stereocenters. The number of carbonyl (C=O) groups is 2. The molecule has 1 unspecified atom stereocenters. The van der Waals surface area contributed by atoms with Gasteiger partial charge in [0.2, 0.25) is 5.91 Å². The highest BCUT2D eigenvalue weighted by atomic mass is 16.5. The third-order valence-electron chi connectivity index (χ3n) is 3.36. The van der Waals surface area contributed by atoms with Crippen LogP contribution in [-0.2, 0) is 19.1 Å². The van der Waals surface area contributed by atoms with Crippen LogP contribution in [0.4, 0.5) is 0 Å². The van der Waals surface area contributed by atoms with E-state index in [0.29, 0.717) is 19.8 Å². The average Bonchev–Trinajstić information content (AvgIpc) is 2.72. The number of methoxy groups -OCH3 is 1. The Morgan fingerprint density at radius 1 is 1.30 bits per heavy atom. The number of amides is 1. The lowest BCUT2D eigenvalue weighted by molar-refractivity contribution is -0.150. The second kappa shape index (κ2) is 9.72. The molecule has 1 aliphatic heterocycles. The average molecular weight is 286 g/mol. The van der Waals surface area contributed by atoms with E-state index < -0.39 is 0 Å². The van der Waals surface area contributed by atoms with E-state index in [1.165, 1.54) is 4.90 Å². The van der Waals surface area contributed by atoms with Crippen molar-refractivity contribution in [3.05, 3.63) is 0 Å². The van der Waals surface area contributed by atoms with Crippen molar-refractivity contribution in [3.63, 3.8) is 0 Å². The molecule has 0 aliphatic carbocycles. The van der Waals surface area contributed by atoms with E-state index in [4.69, 9.17) is 9.47 Å². The standard InChI is InChI=1S/C14H26N2O4/c1-3-20-13(17)11-16(9-10-19-2)14(18)12-7-5-4-6-8-15-12/h12,15H,3-11H2,1-2H3. The summed E-state index contributed by atoms with van der Waals surface area (Å²) in [5.74, 6) is -0.400. The summed E-state index contributed by atoms with van der Waals surface area (Å²) in [6.07, 6.45) is 4.11. The van der Waals surface area contributed by atoms with Gasteiger partial charge in [-0.15, -0.1) is 0 Å². The molecule has 1 rings (SSSR count). The normalized spacial score (nSPS) is 19.2. The van der Waals surface area contributed by atoms with Crippen molar-refractivity contribution in [1.82, 2.24) is 10.2 Å². The molecule has 1 fully saturated rings. The molecule has 20 heavy (non-hydrogen) atoms. The molecule has 0 radical (unpaired) electrons. The van der Waals surface area contributed by atoms with Gasteiger partial charge in [0, 0.05) is 13.7 Å². The molecule has 0 spiro atoms. The molecule has 1 amide bonds. The smallest absolute Gasteiger partial charge is 0.325 e. The van der Waals surface area contributed by atoms with E-state index in [0.717, 1.165) is 32.2 Å². The Labute approximate surface area is 120 Å². The molecule has 6 heteroatoms. The topological polar surface area (TPSA) is 67.9 Å². The van der Waals surface area contributed by atoms with Crippen LogP contribution in [0.2, 0.25) is 0 Å². The summed E-state index contributed by atoms with van der Waals surface area (Å²) in [5.41, 5.74) is 0. The number of nitrogens with zero attached hydrogens (tertiary/aromatic N) is 1. The van der Waals surface area contributed by atoms with E-state index >= 15 is 0 Å². The van der Waals surface area contributed by atoms with Crippen molar-refractivity contribution in [1.29, 1.82) is 0 Å². The lowest BCUT2D eigenvalue weighted by Gasteiger charge is -2.26. The molecule has 1 aliphatic rings. The number of ether oxygens (including phenoxy) is 2. The van der Waals surface area contributed by atoms with E-state index in [1.54, 1.807) is 14.0 Å². The highest BCUT2D eigenvalue weighted by Gasteiger charge is 2.26. The van der Waals surface area contributed by atoms with E-state index in [-0.39, 0.29) is 24.5 Å². The molecule has 1 saturated heterocycles. The van der Waals surface area contributed by atoms with Crippen LogP contribution >= 0.6 is 0 Å². The Bertz CT molecular complexity index is 302. The van der Waals surface area contributed by atoms with E-state index in [9.17, 15) is 9.59 Å². The maximum Gasteiger partial charge on any atom is 0.325 e. The van der Waals surface area contributed by atoms with Crippen LogP contribution in [0.25, 0.3) is 0 Å². The molecule has 0 aromatic carbocycles. The fourth-order valence-electron chi connectivity index (χ4n) is 2.29. The Morgan fingerprint density at radius 3 is 2.80 bits per heavy atom. The van der Waals surface area contributed by atoms with Gasteiger partial charge >= 0.3 is 5.97 Å². The second-order valence-electron chi connectivity index (χ2n) is 4.91. The van der Waals surface area contributed by atoms with E-state index in [2.05, 4.69) is 5.32 Å². The van der Waals surface area contributed by atoms with Gasteiger partial charge in [-0.25, -0.2) is 0 Å². The monoisotopic (exact) mass is 286 g/mol. The quantitative estimate of drug-likeness (QED) is 0.693. The molecule has 0 bridgehead atoms. The van der Waals surface area contributed by atoms with Crippen molar-refractivity contribution in [2.45, 2.75) is 38.6 Å². The Kier molecular flexibility index (Phi) is 8.22. The minimum atomic E-state index is -0.370. The summed E-state index contributed by atoms with van der Waals surface area (Å²) in [6, 6.07) is -0.191. The molecular weight excluding hydrogens is 260 g/mol. The summed E-state index contributed by atoms with van der Waals surface area (Å²) in [5, 5.41) is 3.26. The number of hydrogen-bond acceptors (Lipinski definition) is 5. The van der Waals surface area contributed by atoms with Gasteiger partial charge in [0.25, 0.3) is 0 Å². The molecule has 1 heterocycles. The third kappa shape index (κ3) is 5.88. The summed E-state index contributed by atoms with van der Waals surface area (Å²) >= 11 is 0. The first-order valence-corrected chi connectivity index (χ1v) is 7.35. The lowest BCUT2D eigenvalue weighted by Crippen LogP contribution is -2.49. The van der Waals surface area contributed by atoms with Gasteiger partial charge in [0.05, 0.1) is 19.3 Å². The highest BCUT2D eigenvalue weighted by Crippen LogP contribution is 2.11. The summed E-state index contributed by atoms with van der Waals surface area (Å²) < 4.78 is 9.93. The molecule has 1 N–H and O–H groups in total. The van der Waals surface area contributed by atoms with Crippen LogP contribution in [0.15, 0.2) is 0 Å². The van der Waals surface area contributed by atoms with Gasteiger partial charge in [-0.05, 0) is 26.3 Å². The summed E-state index contributed by atoms with van der Waals surface area (Å²) in [7, 11) is 1.58. The van der Waals surface area contributed by atoms with Gasteiger partial charge < -0.3 is 19.7 Å². The van der Waals surface area contributed by atoms with E-state index in [1.807, 2.05) is 0 Å². The molecule has 116 valence electrons. The predicted molar refractivity (Wildman–Crippen MR) is 75.3 cm³/mol. The molecule has 0 saturated carbocycles.